The van der Waals surface area contributed by atoms with Crippen LogP contribution >= 0.6 is 0 Å². The topological polar surface area (TPSA) is 52.8 Å². The summed E-state index contributed by atoms with van der Waals surface area (Å²) < 4.78 is 0. The van der Waals surface area contributed by atoms with Gasteiger partial charge in [0.05, 0.1) is 0 Å². The van der Waals surface area contributed by atoms with Crippen LogP contribution < -0.4 is 5.73 Å². The standard InChI is InChI=1S/C14H28N4O/c1-16(2)7-6-14(19)18-10-5-13(11-18)17-8-3-12(15)4-9-17/h12-13H,3-11,15H2,1-2H3. The lowest BCUT2D eigenvalue weighted by Gasteiger charge is -2.34. The van der Waals surface area contributed by atoms with Gasteiger partial charge in [-0.15, -0.1) is 0 Å². The van der Waals surface area contributed by atoms with E-state index in [4.69, 9.17) is 5.73 Å². The molecule has 0 saturated carbocycles. The van der Waals surface area contributed by atoms with Crippen LogP contribution in [-0.4, -0.2) is 79.5 Å². The lowest BCUT2D eigenvalue weighted by atomic mass is 10.0. The molecule has 2 saturated heterocycles. The Morgan fingerprint density at radius 1 is 1.21 bits per heavy atom. The SMILES string of the molecule is CN(C)CCC(=O)N1CCC(N2CCC(N)CC2)C1. The first-order valence-electron chi connectivity index (χ1n) is 7.48. The van der Waals surface area contributed by atoms with Crippen molar-refractivity contribution in [1.82, 2.24) is 14.7 Å². The van der Waals surface area contributed by atoms with Crippen molar-refractivity contribution in [2.45, 2.75) is 37.8 Å². The van der Waals surface area contributed by atoms with E-state index in [9.17, 15) is 4.79 Å². The first kappa shape index (κ1) is 14.8. The van der Waals surface area contributed by atoms with Gasteiger partial charge in [-0.25, -0.2) is 0 Å². The van der Waals surface area contributed by atoms with Crippen molar-refractivity contribution in [2.24, 2.45) is 5.73 Å². The molecule has 2 aliphatic rings. The number of hydrogen-bond acceptors (Lipinski definition) is 4. The molecular weight excluding hydrogens is 240 g/mol. The first-order valence-corrected chi connectivity index (χ1v) is 7.48. The second-order valence-electron chi connectivity index (χ2n) is 6.21. The molecule has 0 aromatic rings. The number of likely N-dealkylation sites (tertiary alicyclic amines) is 2. The largest absolute Gasteiger partial charge is 0.341 e. The Balaban J connectivity index is 1.75. The second-order valence-corrected chi connectivity index (χ2v) is 6.21. The molecule has 0 aromatic carbocycles. The monoisotopic (exact) mass is 268 g/mol. The van der Waals surface area contributed by atoms with Crippen LogP contribution in [0.25, 0.3) is 0 Å². The molecule has 1 unspecified atom stereocenters. The number of rotatable bonds is 4. The van der Waals surface area contributed by atoms with Gasteiger partial charge in [-0.05, 0) is 46.4 Å². The van der Waals surface area contributed by atoms with Crippen LogP contribution in [-0.2, 0) is 4.79 Å². The predicted molar refractivity (Wildman–Crippen MR) is 76.9 cm³/mol. The molecule has 0 spiro atoms. The fourth-order valence-electron chi connectivity index (χ4n) is 3.03. The van der Waals surface area contributed by atoms with Crippen molar-refractivity contribution in [3.05, 3.63) is 0 Å². The molecular formula is C14H28N4O. The molecule has 110 valence electrons. The van der Waals surface area contributed by atoms with Crippen LogP contribution in [0.1, 0.15) is 25.7 Å². The molecule has 5 heteroatoms. The smallest absolute Gasteiger partial charge is 0.223 e. The van der Waals surface area contributed by atoms with Crippen molar-refractivity contribution in [3.8, 4) is 0 Å². The number of hydrogen-bond donors (Lipinski definition) is 1. The Labute approximate surface area is 116 Å². The molecule has 0 bridgehead atoms. The highest BCUT2D eigenvalue weighted by Gasteiger charge is 2.31. The van der Waals surface area contributed by atoms with Gasteiger partial charge in [-0.1, -0.05) is 0 Å². The molecule has 19 heavy (non-hydrogen) atoms. The summed E-state index contributed by atoms with van der Waals surface area (Å²) in [6.07, 6.45) is 3.98. The number of piperidine rings is 1. The van der Waals surface area contributed by atoms with Crippen molar-refractivity contribution in [2.75, 3.05) is 46.8 Å². The third-order valence-electron chi connectivity index (χ3n) is 4.38. The number of amides is 1. The molecule has 2 aliphatic heterocycles. The maximum absolute atomic E-state index is 12.1. The van der Waals surface area contributed by atoms with Crippen molar-refractivity contribution >= 4 is 5.91 Å². The number of carbonyl (C=O) groups excluding carboxylic acids is 1. The van der Waals surface area contributed by atoms with Crippen LogP contribution in [0.4, 0.5) is 0 Å². The van der Waals surface area contributed by atoms with Crippen molar-refractivity contribution < 1.29 is 4.79 Å². The minimum atomic E-state index is 0.310. The van der Waals surface area contributed by atoms with E-state index in [0.29, 0.717) is 24.4 Å². The summed E-state index contributed by atoms with van der Waals surface area (Å²) in [6, 6.07) is 0.950. The second kappa shape index (κ2) is 6.68. The van der Waals surface area contributed by atoms with Crippen LogP contribution in [0.3, 0.4) is 0 Å². The van der Waals surface area contributed by atoms with Gasteiger partial charge in [0.1, 0.15) is 0 Å². The van der Waals surface area contributed by atoms with E-state index in [1.54, 1.807) is 0 Å². The fourth-order valence-corrected chi connectivity index (χ4v) is 3.03. The summed E-state index contributed by atoms with van der Waals surface area (Å²) in [4.78, 5) is 18.7. The van der Waals surface area contributed by atoms with Gasteiger partial charge in [0.15, 0.2) is 0 Å². The molecule has 0 radical (unpaired) electrons. The molecule has 1 amide bonds. The average molecular weight is 268 g/mol. The van der Waals surface area contributed by atoms with Gasteiger partial charge < -0.3 is 15.5 Å². The molecule has 0 aliphatic carbocycles. The first-order chi connectivity index (χ1) is 9.06. The highest BCUT2D eigenvalue weighted by atomic mass is 16.2. The molecule has 2 heterocycles. The van der Waals surface area contributed by atoms with Crippen LogP contribution in [0.5, 0.6) is 0 Å². The van der Waals surface area contributed by atoms with E-state index in [-0.39, 0.29) is 0 Å². The van der Waals surface area contributed by atoms with E-state index < -0.39 is 0 Å². The zero-order valence-electron chi connectivity index (χ0n) is 12.3. The molecule has 2 N–H and O–H groups in total. The van der Waals surface area contributed by atoms with Crippen LogP contribution in [0.2, 0.25) is 0 Å². The quantitative estimate of drug-likeness (QED) is 0.777. The number of nitrogens with two attached hydrogens (primary N) is 1. The summed E-state index contributed by atoms with van der Waals surface area (Å²) in [5, 5.41) is 0. The van der Waals surface area contributed by atoms with Gasteiger partial charge in [0.25, 0.3) is 0 Å². The van der Waals surface area contributed by atoms with Gasteiger partial charge in [0, 0.05) is 38.1 Å². The Morgan fingerprint density at radius 2 is 1.89 bits per heavy atom. The molecule has 2 rings (SSSR count). The fraction of sp³-hybridized carbons (Fsp3) is 0.929. The van der Waals surface area contributed by atoms with E-state index in [2.05, 4.69) is 9.80 Å². The maximum atomic E-state index is 12.1. The highest BCUT2D eigenvalue weighted by Crippen LogP contribution is 2.20. The Bertz CT molecular complexity index is 300. The van der Waals surface area contributed by atoms with Crippen LogP contribution in [0.15, 0.2) is 0 Å². The summed E-state index contributed by atoms with van der Waals surface area (Å²) in [5.41, 5.74) is 5.94. The molecule has 1 atom stereocenters. The average Bonchev–Trinajstić information content (AvgIpc) is 2.86. The minimum absolute atomic E-state index is 0.310. The maximum Gasteiger partial charge on any atom is 0.223 e. The lowest BCUT2D eigenvalue weighted by molar-refractivity contribution is -0.130. The number of carbonyl (C=O) groups is 1. The van der Waals surface area contributed by atoms with E-state index in [0.717, 1.165) is 52.0 Å². The Hall–Kier alpha value is -0.650. The molecule has 0 aromatic heterocycles. The van der Waals surface area contributed by atoms with Gasteiger partial charge >= 0.3 is 0 Å². The lowest BCUT2D eigenvalue weighted by Crippen LogP contribution is -2.46. The zero-order chi connectivity index (χ0) is 13.8. The third-order valence-corrected chi connectivity index (χ3v) is 4.38. The van der Waals surface area contributed by atoms with E-state index in [1.807, 2.05) is 19.0 Å². The Morgan fingerprint density at radius 3 is 2.53 bits per heavy atom. The zero-order valence-corrected chi connectivity index (χ0v) is 12.3. The summed E-state index contributed by atoms with van der Waals surface area (Å²) in [6.45, 7) is 4.90. The number of nitrogens with zero attached hydrogens (tertiary/aromatic N) is 3. The van der Waals surface area contributed by atoms with E-state index >= 15 is 0 Å². The van der Waals surface area contributed by atoms with Crippen molar-refractivity contribution in [1.29, 1.82) is 0 Å². The predicted octanol–water partition coefficient (Wildman–Crippen LogP) is -0.0379. The molecule has 5 nitrogen and oxygen atoms in total. The molecule has 2 fully saturated rings. The summed E-state index contributed by atoms with van der Waals surface area (Å²) in [5.74, 6) is 0.310. The van der Waals surface area contributed by atoms with Crippen LogP contribution in [0, 0.1) is 0 Å². The van der Waals surface area contributed by atoms with Crippen molar-refractivity contribution in [3.63, 3.8) is 0 Å². The highest BCUT2D eigenvalue weighted by molar-refractivity contribution is 5.76. The third kappa shape index (κ3) is 4.16. The normalized spacial score (nSPS) is 26.3. The summed E-state index contributed by atoms with van der Waals surface area (Å²) in [7, 11) is 4.02. The van der Waals surface area contributed by atoms with Gasteiger partial charge in [0.2, 0.25) is 5.91 Å². The summed E-state index contributed by atoms with van der Waals surface area (Å²) >= 11 is 0. The minimum Gasteiger partial charge on any atom is -0.341 e. The van der Waals surface area contributed by atoms with E-state index in [1.165, 1.54) is 0 Å². The Kier molecular flexibility index (Phi) is 5.19. The van der Waals surface area contributed by atoms with Gasteiger partial charge in [-0.2, -0.15) is 0 Å². The van der Waals surface area contributed by atoms with Gasteiger partial charge in [-0.3, -0.25) is 9.69 Å².